The maximum atomic E-state index is 12.4. The van der Waals surface area contributed by atoms with E-state index in [1.165, 1.54) is 5.57 Å². The summed E-state index contributed by atoms with van der Waals surface area (Å²) in [6, 6.07) is 0. The molecule has 0 saturated heterocycles. The number of nitrogens with zero attached hydrogens (tertiary/aromatic N) is 2. The molecule has 2 atom stereocenters. The van der Waals surface area contributed by atoms with Crippen molar-refractivity contribution >= 4 is 18.1 Å². The normalized spacial score (nSPS) is 22.0. The molecule has 0 radical (unpaired) electrons. The van der Waals surface area contributed by atoms with Crippen LogP contribution in [0.25, 0.3) is 0 Å². The third-order valence-electron chi connectivity index (χ3n) is 4.64. The molecule has 5 nitrogen and oxygen atoms in total. The van der Waals surface area contributed by atoms with Crippen LogP contribution in [0.3, 0.4) is 0 Å². The number of nitrogens with one attached hydrogen (secondary N) is 2. The first-order valence-corrected chi connectivity index (χ1v) is 8.65. The molecule has 128 valence electrons. The fraction of sp³-hybridized carbons (Fsp3) is 0.706. The lowest BCUT2D eigenvalue weighted by Crippen LogP contribution is -2.30. The Morgan fingerprint density at radius 2 is 2.13 bits per heavy atom. The minimum Gasteiger partial charge on any atom is -0.354 e. The average Bonchev–Trinajstić information content (AvgIpc) is 2.76. The van der Waals surface area contributed by atoms with Crippen molar-refractivity contribution in [3.8, 4) is 0 Å². The van der Waals surface area contributed by atoms with Gasteiger partial charge in [0.2, 0.25) is 5.91 Å². The van der Waals surface area contributed by atoms with E-state index < -0.39 is 0 Å². The van der Waals surface area contributed by atoms with E-state index in [0.717, 1.165) is 5.82 Å². The molecule has 1 fully saturated rings. The van der Waals surface area contributed by atoms with Crippen molar-refractivity contribution < 1.29 is 4.79 Å². The highest BCUT2D eigenvalue weighted by molar-refractivity contribution is 7.71. The molecule has 1 heterocycles. The van der Waals surface area contributed by atoms with Gasteiger partial charge in [0.25, 0.3) is 0 Å². The Morgan fingerprint density at radius 1 is 1.48 bits per heavy atom. The van der Waals surface area contributed by atoms with Gasteiger partial charge in [0, 0.05) is 19.0 Å². The Labute approximate surface area is 143 Å². The van der Waals surface area contributed by atoms with E-state index in [1.807, 2.05) is 4.57 Å². The first-order valence-electron chi connectivity index (χ1n) is 8.24. The van der Waals surface area contributed by atoms with Crippen molar-refractivity contribution in [1.29, 1.82) is 0 Å². The van der Waals surface area contributed by atoms with Crippen LogP contribution in [0.4, 0.5) is 0 Å². The minimum absolute atomic E-state index is 0.0520. The van der Waals surface area contributed by atoms with Gasteiger partial charge in [-0.05, 0) is 37.4 Å². The molecule has 23 heavy (non-hydrogen) atoms. The predicted molar refractivity (Wildman–Crippen MR) is 94.7 cm³/mol. The lowest BCUT2D eigenvalue weighted by atomic mass is 10.1. The van der Waals surface area contributed by atoms with E-state index in [4.69, 9.17) is 12.2 Å². The number of carbonyl (C=O) groups excluding carboxylic acids is 1. The number of carbonyl (C=O) groups is 1. The molecule has 0 aromatic carbocycles. The lowest BCUT2D eigenvalue weighted by molar-refractivity contribution is -0.123. The second kappa shape index (κ2) is 6.59. The van der Waals surface area contributed by atoms with Crippen LogP contribution >= 0.6 is 12.2 Å². The highest BCUT2D eigenvalue weighted by Crippen LogP contribution is 2.59. The van der Waals surface area contributed by atoms with Crippen molar-refractivity contribution in [2.75, 3.05) is 6.54 Å². The molecule has 1 aromatic heterocycles. The first-order chi connectivity index (χ1) is 10.7. The predicted octanol–water partition coefficient (Wildman–Crippen LogP) is 3.42. The van der Waals surface area contributed by atoms with Crippen LogP contribution < -0.4 is 5.32 Å². The monoisotopic (exact) mass is 336 g/mol. The van der Waals surface area contributed by atoms with E-state index in [2.05, 4.69) is 63.1 Å². The van der Waals surface area contributed by atoms with Crippen LogP contribution in [0.15, 0.2) is 11.6 Å². The van der Waals surface area contributed by atoms with E-state index in [-0.39, 0.29) is 17.2 Å². The van der Waals surface area contributed by atoms with Crippen LogP contribution in [0.5, 0.6) is 0 Å². The van der Waals surface area contributed by atoms with Crippen molar-refractivity contribution in [3.05, 3.63) is 22.2 Å². The summed E-state index contributed by atoms with van der Waals surface area (Å²) >= 11 is 5.26. The molecule has 0 spiro atoms. The maximum absolute atomic E-state index is 12.4. The maximum Gasteiger partial charge on any atom is 0.224 e. The number of hydrogen-bond donors (Lipinski definition) is 2. The fourth-order valence-electron chi connectivity index (χ4n) is 3.24. The summed E-state index contributed by atoms with van der Waals surface area (Å²) in [4.78, 5) is 12.4. The molecule has 0 aliphatic heterocycles. The van der Waals surface area contributed by atoms with E-state index >= 15 is 0 Å². The van der Waals surface area contributed by atoms with Gasteiger partial charge in [-0.25, -0.2) is 0 Å². The number of amides is 1. The topological polar surface area (TPSA) is 62.7 Å². The zero-order chi connectivity index (χ0) is 17.4. The summed E-state index contributed by atoms with van der Waals surface area (Å²) in [6.45, 7) is 13.9. The summed E-state index contributed by atoms with van der Waals surface area (Å²) in [7, 11) is 0. The highest BCUT2D eigenvalue weighted by atomic mass is 32.1. The Kier molecular flexibility index (Phi) is 5.14. The van der Waals surface area contributed by atoms with Crippen molar-refractivity contribution in [3.63, 3.8) is 0 Å². The van der Waals surface area contributed by atoms with Gasteiger partial charge in [0.05, 0.1) is 5.92 Å². The van der Waals surface area contributed by atoms with E-state index in [0.29, 0.717) is 29.7 Å². The van der Waals surface area contributed by atoms with E-state index in [9.17, 15) is 4.79 Å². The van der Waals surface area contributed by atoms with Crippen LogP contribution in [-0.4, -0.2) is 27.2 Å². The second-order valence-electron chi connectivity index (χ2n) is 7.55. The average molecular weight is 337 g/mol. The molecule has 1 aliphatic carbocycles. The SMILES string of the molecule is CC(C)=C[C@@H]1[C@@H](C(=O)NCCn2c(C(C)C)n[nH]c2=S)C1(C)C. The number of hydrogen-bond acceptors (Lipinski definition) is 3. The summed E-state index contributed by atoms with van der Waals surface area (Å²) in [6.07, 6.45) is 2.22. The number of aromatic amines is 1. The molecule has 1 aliphatic rings. The second-order valence-corrected chi connectivity index (χ2v) is 7.94. The van der Waals surface area contributed by atoms with Gasteiger partial charge in [-0.2, -0.15) is 5.10 Å². The van der Waals surface area contributed by atoms with Crippen molar-refractivity contribution in [2.45, 2.75) is 54.0 Å². The Morgan fingerprint density at radius 3 is 2.70 bits per heavy atom. The number of H-pyrrole nitrogens is 1. The van der Waals surface area contributed by atoms with Gasteiger partial charge in [0.1, 0.15) is 5.82 Å². The fourth-order valence-corrected chi connectivity index (χ4v) is 3.47. The van der Waals surface area contributed by atoms with Gasteiger partial charge in [-0.1, -0.05) is 39.3 Å². The van der Waals surface area contributed by atoms with E-state index in [1.54, 1.807) is 0 Å². The standard InChI is InChI=1S/C17H28N4OS/c1-10(2)9-12-13(17(12,5)6)15(22)18-7-8-21-14(11(3)4)19-20-16(21)23/h9,11-13H,7-8H2,1-6H3,(H,18,22)(H,20,23)/t12-,13+/m1/s1. The highest BCUT2D eigenvalue weighted by Gasteiger charge is 2.60. The first kappa shape index (κ1) is 17.9. The number of allylic oxidation sites excluding steroid dienone is 2. The molecule has 2 rings (SSSR count). The van der Waals surface area contributed by atoms with Gasteiger partial charge in [-0.15, -0.1) is 0 Å². The quantitative estimate of drug-likeness (QED) is 0.618. The zero-order valence-corrected chi connectivity index (χ0v) is 15.8. The molecule has 1 aromatic rings. The molecule has 6 heteroatoms. The molecule has 2 N–H and O–H groups in total. The Balaban J connectivity index is 1.93. The number of aromatic nitrogens is 3. The smallest absolute Gasteiger partial charge is 0.224 e. The molecule has 1 saturated carbocycles. The van der Waals surface area contributed by atoms with Crippen LogP contribution in [-0.2, 0) is 11.3 Å². The van der Waals surface area contributed by atoms with Crippen molar-refractivity contribution in [2.24, 2.45) is 17.3 Å². The van der Waals surface area contributed by atoms with Crippen LogP contribution in [0.1, 0.15) is 53.3 Å². The van der Waals surface area contributed by atoms with Crippen LogP contribution in [0.2, 0.25) is 0 Å². The largest absolute Gasteiger partial charge is 0.354 e. The Hall–Kier alpha value is -1.43. The molecule has 0 bridgehead atoms. The van der Waals surface area contributed by atoms with Crippen LogP contribution in [0, 0.1) is 22.0 Å². The summed E-state index contributed by atoms with van der Waals surface area (Å²) < 4.78 is 2.57. The minimum atomic E-state index is 0.0520. The van der Waals surface area contributed by atoms with Crippen molar-refractivity contribution in [1.82, 2.24) is 20.1 Å². The molecule has 1 amide bonds. The Bertz CT molecular complexity index is 664. The number of rotatable bonds is 6. The van der Waals surface area contributed by atoms with Gasteiger partial charge < -0.3 is 9.88 Å². The summed E-state index contributed by atoms with van der Waals surface area (Å²) in [5.41, 5.74) is 1.32. The summed E-state index contributed by atoms with van der Waals surface area (Å²) in [5.74, 6) is 1.77. The van der Waals surface area contributed by atoms with Gasteiger partial charge >= 0.3 is 0 Å². The molecular weight excluding hydrogens is 308 g/mol. The third-order valence-corrected chi connectivity index (χ3v) is 4.96. The summed E-state index contributed by atoms with van der Waals surface area (Å²) in [5, 5.41) is 10.1. The van der Waals surface area contributed by atoms with Gasteiger partial charge in [0.15, 0.2) is 4.77 Å². The lowest BCUT2D eigenvalue weighted by Gasteiger charge is -2.10. The third kappa shape index (κ3) is 3.74. The zero-order valence-electron chi connectivity index (χ0n) is 14.9. The molecular formula is C17H28N4OS. The molecule has 0 unspecified atom stereocenters. The van der Waals surface area contributed by atoms with Gasteiger partial charge in [-0.3, -0.25) is 9.89 Å².